The summed E-state index contributed by atoms with van der Waals surface area (Å²) < 4.78 is 0.919. The lowest BCUT2D eigenvalue weighted by Crippen LogP contribution is -2.18. The van der Waals surface area contributed by atoms with Crippen molar-refractivity contribution < 1.29 is 0 Å². The molecule has 102 valence electrons. The molecular formula is C13H17BrN4S. The standard InChI is InChI=1S/C13H17BrN4S/c1-3-6-15-12-11(14)13(17-9-16-12)18(2)8-10-5-4-7-19-10/h4-5,7,9H,3,6,8H2,1-2H3,(H,15,16,17). The van der Waals surface area contributed by atoms with Crippen molar-refractivity contribution in [3.8, 4) is 0 Å². The summed E-state index contributed by atoms with van der Waals surface area (Å²) in [7, 11) is 2.04. The van der Waals surface area contributed by atoms with Gasteiger partial charge in [0.1, 0.15) is 22.4 Å². The highest BCUT2D eigenvalue weighted by atomic mass is 79.9. The smallest absolute Gasteiger partial charge is 0.148 e. The maximum Gasteiger partial charge on any atom is 0.148 e. The average Bonchev–Trinajstić information content (AvgIpc) is 2.90. The summed E-state index contributed by atoms with van der Waals surface area (Å²) in [6.45, 7) is 3.89. The van der Waals surface area contributed by atoms with Crippen LogP contribution in [-0.4, -0.2) is 23.6 Å². The van der Waals surface area contributed by atoms with Gasteiger partial charge in [0, 0.05) is 18.5 Å². The zero-order valence-corrected chi connectivity index (χ0v) is 13.5. The zero-order valence-electron chi connectivity index (χ0n) is 11.1. The summed E-state index contributed by atoms with van der Waals surface area (Å²) >= 11 is 5.34. The number of nitrogens with one attached hydrogen (secondary N) is 1. The van der Waals surface area contributed by atoms with Crippen molar-refractivity contribution >= 4 is 38.9 Å². The van der Waals surface area contributed by atoms with Crippen molar-refractivity contribution in [2.24, 2.45) is 0 Å². The average molecular weight is 341 g/mol. The van der Waals surface area contributed by atoms with Crippen LogP contribution in [0.3, 0.4) is 0 Å². The Morgan fingerprint density at radius 2 is 2.26 bits per heavy atom. The molecule has 0 unspecified atom stereocenters. The summed E-state index contributed by atoms with van der Waals surface area (Å²) in [5, 5.41) is 5.38. The van der Waals surface area contributed by atoms with Crippen LogP contribution in [0, 0.1) is 0 Å². The molecule has 0 atom stereocenters. The third-order valence-electron chi connectivity index (χ3n) is 2.65. The van der Waals surface area contributed by atoms with E-state index in [9.17, 15) is 0 Å². The molecule has 2 aromatic heterocycles. The van der Waals surface area contributed by atoms with Crippen LogP contribution in [0.4, 0.5) is 11.6 Å². The molecule has 0 bridgehead atoms. The fraction of sp³-hybridized carbons (Fsp3) is 0.385. The first kappa shape index (κ1) is 14.3. The van der Waals surface area contributed by atoms with E-state index in [1.54, 1.807) is 17.7 Å². The molecule has 0 saturated heterocycles. The lowest BCUT2D eigenvalue weighted by atomic mass is 10.4. The molecule has 0 aliphatic rings. The zero-order chi connectivity index (χ0) is 13.7. The van der Waals surface area contributed by atoms with Gasteiger partial charge in [-0.3, -0.25) is 0 Å². The molecule has 6 heteroatoms. The van der Waals surface area contributed by atoms with E-state index < -0.39 is 0 Å². The van der Waals surface area contributed by atoms with Crippen LogP contribution in [0.2, 0.25) is 0 Å². The van der Waals surface area contributed by atoms with Crippen LogP contribution in [-0.2, 0) is 6.54 Å². The SMILES string of the molecule is CCCNc1ncnc(N(C)Cc2cccs2)c1Br. The number of nitrogens with zero attached hydrogens (tertiary/aromatic N) is 3. The van der Waals surface area contributed by atoms with Crippen LogP contribution in [0.1, 0.15) is 18.2 Å². The maximum absolute atomic E-state index is 4.36. The fourth-order valence-corrected chi connectivity index (χ4v) is 3.11. The Bertz CT molecular complexity index is 515. The minimum atomic E-state index is 0.848. The van der Waals surface area contributed by atoms with Gasteiger partial charge < -0.3 is 10.2 Å². The molecule has 4 nitrogen and oxygen atoms in total. The van der Waals surface area contributed by atoms with Crippen molar-refractivity contribution in [3.05, 3.63) is 33.2 Å². The summed E-state index contributed by atoms with van der Waals surface area (Å²) in [6.07, 6.45) is 2.67. The van der Waals surface area contributed by atoms with E-state index in [-0.39, 0.29) is 0 Å². The molecule has 2 rings (SSSR count). The van der Waals surface area contributed by atoms with E-state index in [4.69, 9.17) is 0 Å². The molecule has 19 heavy (non-hydrogen) atoms. The van der Waals surface area contributed by atoms with Gasteiger partial charge in [-0.1, -0.05) is 13.0 Å². The summed E-state index contributed by atoms with van der Waals surface area (Å²) in [5.74, 6) is 1.76. The number of thiophene rings is 1. The van der Waals surface area contributed by atoms with E-state index >= 15 is 0 Å². The number of hydrogen-bond donors (Lipinski definition) is 1. The van der Waals surface area contributed by atoms with E-state index in [1.165, 1.54) is 4.88 Å². The highest BCUT2D eigenvalue weighted by Crippen LogP contribution is 2.29. The van der Waals surface area contributed by atoms with Gasteiger partial charge in [-0.2, -0.15) is 0 Å². The first-order valence-corrected chi connectivity index (χ1v) is 7.87. The molecule has 0 spiro atoms. The Morgan fingerprint density at radius 3 is 2.95 bits per heavy atom. The maximum atomic E-state index is 4.36. The quantitative estimate of drug-likeness (QED) is 0.869. The van der Waals surface area contributed by atoms with Crippen LogP contribution < -0.4 is 10.2 Å². The van der Waals surface area contributed by atoms with Crippen LogP contribution in [0.5, 0.6) is 0 Å². The highest BCUT2D eigenvalue weighted by Gasteiger charge is 2.12. The van der Waals surface area contributed by atoms with E-state index in [1.807, 2.05) is 7.05 Å². The number of rotatable bonds is 6. The fourth-order valence-electron chi connectivity index (χ4n) is 1.70. The van der Waals surface area contributed by atoms with E-state index in [0.29, 0.717) is 0 Å². The van der Waals surface area contributed by atoms with Gasteiger partial charge in [0.15, 0.2) is 0 Å². The Kier molecular flexibility index (Phi) is 5.15. The molecule has 0 aliphatic heterocycles. The minimum absolute atomic E-state index is 0.848. The molecule has 0 saturated carbocycles. The topological polar surface area (TPSA) is 41.1 Å². The van der Waals surface area contributed by atoms with Crippen molar-refractivity contribution in [2.75, 3.05) is 23.8 Å². The second kappa shape index (κ2) is 6.86. The van der Waals surface area contributed by atoms with Crippen molar-refractivity contribution in [2.45, 2.75) is 19.9 Å². The van der Waals surface area contributed by atoms with Gasteiger partial charge in [-0.15, -0.1) is 11.3 Å². The highest BCUT2D eigenvalue weighted by molar-refractivity contribution is 9.10. The molecular weight excluding hydrogens is 324 g/mol. The van der Waals surface area contributed by atoms with Gasteiger partial charge in [0.2, 0.25) is 0 Å². The number of halogens is 1. The Morgan fingerprint density at radius 1 is 1.42 bits per heavy atom. The monoisotopic (exact) mass is 340 g/mol. The molecule has 0 radical (unpaired) electrons. The van der Waals surface area contributed by atoms with Gasteiger partial charge in [-0.25, -0.2) is 9.97 Å². The Hall–Kier alpha value is -1.14. The number of hydrogen-bond acceptors (Lipinski definition) is 5. The van der Waals surface area contributed by atoms with Gasteiger partial charge >= 0.3 is 0 Å². The molecule has 0 amide bonds. The normalized spacial score (nSPS) is 10.5. The summed E-state index contributed by atoms with van der Waals surface area (Å²) in [5.41, 5.74) is 0. The van der Waals surface area contributed by atoms with Crippen LogP contribution in [0.15, 0.2) is 28.3 Å². The summed E-state index contributed by atoms with van der Waals surface area (Å²) in [4.78, 5) is 12.1. The Balaban J connectivity index is 2.14. The lowest BCUT2D eigenvalue weighted by Gasteiger charge is -2.19. The second-order valence-corrected chi connectivity index (χ2v) is 6.05. The molecule has 2 heterocycles. The minimum Gasteiger partial charge on any atom is -0.369 e. The molecule has 2 aromatic rings. The van der Waals surface area contributed by atoms with Crippen LogP contribution >= 0.6 is 27.3 Å². The van der Waals surface area contributed by atoms with Crippen LogP contribution in [0.25, 0.3) is 0 Å². The largest absolute Gasteiger partial charge is 0.369 e. The first-order valence-electron chi connectivity index (χ1n) is 6.20. The van der Waals surface area contributed by atoms with Crippen molar-refractivity contribution in [1.82, 2.24) is 9.97 Å². The number of anilines is 2. The molecule has 0 fully saturated rings. The van der Waals surface area contributed by atoms with Gasteiger partial charge in [0.05, 0.1) is 6.54 Å². The number of aromatic nitrogens is 2. The first-order chi connectivity index (χ1) is 9.22. The van der Waals surface area contributed by atoms with Crippen molar-refractivity contribution in [1.29, 1.82) is 0 Å². The lowest BCUT2D eigenvalue weighted by molar-refractivity contribution is 0.894. The molecule has 0 aliphatic carbocycles. The predicted octanol–water partition coefficient (Wildman–Crippen LogP) is 3.76. The Labute approximate surface area is 126 Å². The van der Waals surface area contributed by atoms with E-state index in [2.05, 4.69) is 60.6 Å². The third-order valence-corrected chi connectivity index (χ3v) is 4.24. The molecule has 0 aromatic carbocycles. The predicted molar refractivity (Wildman–Crippen MR) is 84.9 cm³/mol. The summed E-state index contributed by atoms with van der Waals surface area (Å²) in [6, 6.07) is 4.20. The second-order valence-electron chi connectivity index (χ2n) is 4.22. The van der Waals surface area contributed by atoms with E-state index in [0.717, 1.165) is 35.6 Å². The molecule has 1 N–H and O–H groups in total. The van der Waals surface area contributed by atoms with Gasteiger partial charge in [-0.05, 0) is 33.8 Å². The third kappa shape index (κ3) is 3.67. The van der Waals surface area contributed by atoms with Gasteiger partial charge in [0.25, 0.3) is 0 Å². The van der Waals surface area contributed by atoms with Crippen molar-refractivity contribution in [3.63, 3.8) is 0 Å².